The van der Waals surface area contributed by atoms with Crippen LogP contribution in [0.15, 0.2) is 23.1 Å². The number of thiol groups is 1. The van der Waals surface area contributed by atoms with Gasteiger partial charge >= 0.3 is 0 Å². The molecule has 0 heterocycles. The van der Waals surface area contributed by atoms with E-state index in [1.807, 2.05) is 0 Å². The standard InChI is InChI=1S/C9H10BrNOS/c10-5-4-7(12)9-6(11)2-1-3-8(9)13/h1-3,13H,4-5,11H2. The SMILES string of the molecule is Nc1cccc(S)c1C(=O)CCBr. The number of hydrogen-bond acceptors (Lipinski definition) is 3. The number of Topliss-reactive ketones (excluding diaryl/α,β-unsaturated/α-hetero) is 1. The van der Waals surface area contributed by atoms with E-state index in [1.165, 1.54) is 0 Å². The second-order valence-electron chi connectivity index (χ2n) is 2.60. The van der Waals surface area contributed by atoms with Crippen LogP contribution in [0.5, 0.6) is 0 Å². The molecule has 13 heavy (non-hydrogen) atoms. The molecule has 2 nitrogen and oxygen atoms in total. The van der Waals surface area contributed by atoms with Crippen LogP contribution in [0.2, 0.25) is 0 Å². The van der Waals surface area contributed by atoms with Crippen molar-refractivity contribution in [2.45, 2.75) is 11.3 Å². The lowest BCUT2D eigenvalue weighted by Gasteiger charge is -2.05. The minimum Gasteiger partial charge on any atom is -0.398 e. The zero-order chi connectivity index (χ0) is 9.84. The van der Waals surface area contributed by atoms with Gasteiger partial charge in [0.15, 0.2) is 5.78 Å². The van der Waals surface area contributed by atoms with Gasteiger partial charge in [-0.1, -0.05) is 22.0 Å². The molecule has 1 aromatic rings. The molecule has 1 rings (SSSR count). The first-order valence-corrected chi connectivity index (χ1v) is 5.40. The molecule has 0 saturated carbocycles. The van der Waals surface area contributed by atoms with Gasteiger partial charge in [-0.3, -0.25) is 4.79 Å². The summed E-state index contributed by atoms with van der Waals surface area (Å²) in [5.74, 6) is 0.0278. The first-order valence-electron chi connectivity index (χ1n) is 3.83. The van der Waals surface area contributed by atoms with Crippen LogP contribution in [0.1, 0.15) is 16.8 Å². The fourth-order valence-corrected chi connectivity index (χ4v) is 1.77. The van der Waals surface area contributed by atoms with Gasteiger partial charge in [0, 0.05) is 22.3 Å². The van der Waals surface area contributed by atoms with Gasteiger partial charge in [-0.05, 0) is 12.1 Å². The summed E-state index contributed by atoms with van der Waals surface area (Å²) in [6.45, 7) is 0. The molecular weight excluding hydrogens is 250 g/mol. The smallest absolute Gasteiger partial charge is 0.166 e. The molecule has 2 N–H and O–H groups in total. The predicted molar refractivity (Wildman–Crippen MR) is 60.8 cm³/mol. The van der Waals surface area contributed by atoms with Gasteiger partial charge in [-0.2, -0.15) is 0 Å². The molecule has 0 spiro atoms. The van der Waals surface area contributed by atoms with Crippen LogP contribution < -0.4 is 5.73 Å². The van der Waals surface area contributed by atoms with Crippen LogP contribution in [-0.2, 0) is 0 Å². The monoisotopic (exact) mass is 259 g/mol. The average molecular weight is 260 g/mol. The van der Waals surface area contributed by atoms with Crippen molar-refractivity contribution in [3.63, 3.8) is 0 Å². The van der Waals surface area contributed by atoms with E-state index in [0.29, 0.717) is 27.9 Å². The topological polar surface area (TPSA) is 43.1 Å². The van der Waals surface area contributed by atoms with Crippen LogP contribution in [0.4, 0.5) is 5.69 Å². The van der Waals surface area contributed by atoms with Crippen molar-refractivity contribution in [3.8, 4) is 0 Å². The summed E-state index contributed by atoms with van der Waals surface area (Å²) < 4.78 is 0. The van der Waals surface area contributed by atoms with E-state index in [0.717, 1.165) is 0 Å². The van der Waals surface area contributed by atoms with Crippen LogP contribution in [0.3, 0.4) is 0 Å². The molecule has 0 unspecified atom stereocenters. The Hall–Kier alpha value is -0.480. The molecule has 70 valence electrons. The highest BCUT2D eigenvalue weighted by atomic mass is 79.9. The highest BCUT2D eigenvalue weighted by molar-refractivity contribution is 9.09. The van der Waals surface area contributed by atoms with E-state index in [1.54, 1.807) is 18.2 Å². The molecule has 0 atom stereocenters. The van der Waals surface area contributed by atoms with Crippen LogP contribution in [0, 0.1) is 0 Å². The molecule has 0 aliphatic heterocycles. The summed E-state index contributed by atoms with van der Waals surface area (Å²) in [5, 5.41) is 0.646. The Morgan fingerprint density at radius 3 is 2.77 bits per heavy atom. The zero-order valence-corrected chi connectivity index (χ0v) is 9.44. The summed E-state index contributed by atoms with van der Waals surface area (Å²) in [6, 6.07) is 5.25. The number of rotatable bonds is 3. The summed E-state index contributed by atoms with van der Waals surface area (Å²) in [7, 11) is 0. The quantitative estimate of drug-likeness (QED) is 0.379. The maximum atomic E-state index is 11.5. The Balaban J connectivity index is 3.05. The molecule has 0 aliphatic carbocycles. The molecule has 0 bridgehead atoms. The Labute approximate surface area is 91.1 Å². The van der Waals surface area contributed by atoms with Gasteiger partial charge < -0.3 is 5.73 Å². The number of halogens is 1. The lowest BCUT2D eigenvalue weighted by molar-refractivity contribution is 0.0988. The Kier molecular flexibility index (Phi) is 3.81. The molecule has 0 radical (unpaired) electrons. The summed E-state index contributed by atoms with van der Waals surface area (Å²) in [6.07, 6.45) is 0.446. The van der Waals surface area contributed by atoms with Gasteiger partial charge in [0.05, 0.1) is 5.56 Å². The first-order chi connectivity index (χ1) is 6.16. The number of carbonyl (C=O) groups is 1. The summed E-state index contributed by atoms with van der Waals surface area (Å²) in [4.78, 5) is 12.2. The van der Waals surface area contributed by atoms with Crippen molar-refractivity contribution in [1.29, 1.82) is 0 Å². The van der Waals surface area contributed by atoms with Gasteiger partial charge in [-0.25, -0.2) is 0 Å². The van der Waals surface area contributed by atoms with E-state index < -0.39 is 0 Å². The third-order valence-corrected chi connectivity index (χ3v) is 2.44. The molecule has 0 aliphatic rings. The highest BCUT2D eigenvalue weighted by Crippen LogP contribution is 2.22. The van der Waals surface area contributed by atoms with Crippen molar-refractivity contribution < 1.29 is 4.79 Å². The lowest BCUT2D eigenvalue weighted by Crippen LogP contribution is -2.05. The number of nitrogen functional groups attached to an aromatic ring is 1. The Morgan fingerprint density at radius 2 is 2.23 bits per heavy atom. The van der Waals surface area contributed by atoms with E-state index in [4.69, 9.17) is 5.73 Å². The van der Waals surface area contributed by atoms with Crippen molar-refractivity contribution in [2.75, 3.05) is 11.1 Å². The van der Waals surface area contributed by atoms with Gasteiger partial charge in [0.1, 0.15) is 0 Å². The van der Waals surface area contributed by atoms with E-state index in [2.05, 4.69) is 28.6 Å². The number of nitrogens with two attached hydrogens (primary N) is 1. The summed E-state index contributed by atoms with van der Waals surface area (Å²) >= 11 is 7.39. The predicted octanol–water partition coefficient (Wildman–Crippen LogP) is 2.53. The number of alkyl halides is 1. The molecular formula is C9H10BrNOS. The Bertz CT molecular complexity index is 307. The van der Waals surface area contributed by atoms with Gasteiger partial charge in [-0.15, -0.1) is 12.6 Å². The fourth-order valence-electron chi connectivity index (χ4n) is 1.07. The number of ketones is 1. The molecule has 0 amide bonds. The molecule has 0 aromatic heterocycles. The lowest BCUT2D eigenvalue weighted by atomic mass is 10.1. The van der Waals surface area contributed by atoms with Crippen molar-refractivity contribution in [3.05, 3.63) is 23.8 Å². The minimum atomic E-state index is 0.0278. The molecule has 1 aromatic carbocycles. The van der Waals surface area contributed by atoms with E-state index in [9.17, 15) is 4.79 Å². The fraction of sp³-hybridized carbons (Fsp3) is 0.222. The first kappa shape index (κ1) is 10.6. The molecule has 0 saturated heterocycles. The van der Waals surface area contributed by atoms with Crippen LogP contribution in [-0.4, -0.2) is 11.1 Å². The Morgan fingerprint density at radius 1 is 1.54 bits per heavy atom. The van der Waals surface area contributed by atoms with E-state index >= 15 is 0 Å². The number of benzene rings is 1. The normalized spacial score (nSPS) is 10.0. The number of hydrogen-bond donors (Lipinski definition) is 2. The second kappa shape index (κ2) is 4.67. The molecule has 0 fully saturated rings. The number of carbonyl (C=O) groups excluding carboxylic acids is 1. The van der Waals surface area contributed by atoms with Crippen molar-refractivity contribution in [2.24, 2.45) is 0 Å². The second-order valence-corrected chi connectivity index (χ2v) is 3.88. The average Bonchev–Trinajstić information content (AvgIpc) is 2.04. The third-order valence-electron chi connectivity index (χ3n) is 1.68. The number of anilines is 1. The largest absolute Gasteiger partial charge is 0.398 e. The van der Waals surface area contributed by atoms with E-state index in [-0.39, 0.29) is 5.78 Å². The third kappa shape index (κ3) is 2.48. The molecule has 4 heteroatoms. The van der Waals surface area contributed by atoms with Gasteiger partial charge in [0.25, 0.3) is 0 Å². The van der Waals surface area contributed by atoms with Gasteiger partial charge in [0.2, 0.25) is 0 Å². The maximum absolute atomic E-state index is 11.5. The van der Waals surface area contributed by atoms with Crippen molar-refractivity contribution >= 4 is 40.0 Å². The summed E-state index contributed by atoms with van der Waals surface area (Å²) in [5.41, 5.74) is 6.70. The van der Waals surface area contributed by atoms with Crippen molar-refractivity contribution in [1.82, 2.24) is 0 Å². The van der Waals surface area contributed by atoms with Crippen LogP contribution >= 0.6 is 28.6 Å². The zero-order valence-electron chi connectivity index (χ0n) is 6.96. The maximum Gasteiger partial charge on any atom is 0.166 e. The van der Waals surface area contributed by atoms with Crippen LogP contribution in [0.25, 0.3) is 0 Å². The minimum absolute atomic E-state index is 0.0278. The highest BCUT2D eigenvalue weighted by Gasteiger charge is 2.11.